The van der Waals surface area contributed by atoms with Crippen LogP contribution in [-0.2, 0) is 6.42 Å². The predicted octanol–water partition coefficient (Wildman–Crippen LogP) is 3.02. The fourth-order valence-electron chi connectivity index (χ4n) is 2.87. The minimum absolute atomic E-state index is 0.869. The molecule has 2 N–H and O–H groups in total. The van der Waals surface area contributed by atoms with Crippen LogP contribution in [0, 0.1) is 12.8 Å². The van der Waals surface area contributed by atoms with E-state index in [1.165, 1.54) is 54.5 Å². The normalized spacial score (nSPS) is 17.7. The topological polar surface area (TPSA) is 27.8 Å². The smallest absolute Gasteiger partial charge is 0.0456 e. The lowest BCUT2D eigenvalue weighted by atomic mass is 9.91. The van der Waals surface area contributed by atoms with Crippen LogP contribution < -0.4 is 5.32 Å². The van der Waals surface area contributed by atoms with Gasteiger partial charge in [0.2, 0.25) is 0 Å². The molecular weight excluding hydrogens is 208 g/mol. The van der Waals surface area contributed by atoms with E-state index in [1.807, 2.05) is 0 Å². The molecule has 0 atom stereocenters. The van der Waals surface area contributed by atoms with Crippen molar-refractivity contribution < 1.29 is 0 Å². The number of benzene rings is 1. The van der Waals surface area contributed by atoms with Crippen molar-refractivity contribution in [3.63, 3.8) is 0 Å². The molecular formula is C15H20N2. The highest BCUT2D eigenvalue weighted by atomic mass is 14.9. The molecule has 0 radical (unpaired) electrons. The molecule has 2 heterocycles. The molecule has 2 nitrogen and oxygen atoms in total. The number of piperidine rings is 1. The lowest BCUT2D eigenvalue weighted by Gasteiger charge is -2.22. The summed E-state index contributed by atoms with van der Waals surface area (Å²) in [6.45, 7) is 4.50. The van der Waals surface area contributed by atoms with Gasteiger partial charge in [0.05, 0.1) is 0 Å². The third-order valence-electron chi connectivity index (χ3n) is 3.80. The van der Waals surface area contributed by atoms with Crippen LogP contribution in [0.4, 0.5) is 0 Å². The van der Waals surface area contributed by atoms with Crippen molar-refractivity contribution in [3.05, 3.63) is 35.5 Å². The molecule has 2 aromatic rings. The fourth-order valence-corrected chi connectivity index (χ4v) is 2.87. The van der Waals surface area contributed by atoms with Crippen LogP contribution in [-0.4, -0.2) is 18.1 Å². The van der Waals surface area contributed by atoms with Crippen molar-refractivity contribution in [2.24, 2.45) is 5.92 Å². The summed E-state index contributed by atoms with van der Waals surface area (Å²) < 4.78 is 0. The molecule has 0 spiro atoms. The summed E-state index contributed by atoms with van der Waals surface area (Å²) in [6, 6.07) is 9.08. The van der Waals surface area contributed by atoms with E-state index in [1.54, 1.807) is 0 Å². The van der Waals surface area contributed by atoms with E-state index in [0.717, 1.165) is 5.92 Å². The van der Waals surface area contributed by atoms with Gasteiger partial charge >= 0.3 is 0 Å². The Hall–Kier alpha value is -1.28. The number of fused-ring (bicyclic) bond motifs is 1. The molecule has 1 saturated heterocycles. The molecule has 1 aromatic carbocycles. The van der Waals surface area contributed by atoms with Gasteiger partial charge in [0, 0.05) is 11.2 Å². The number of aromatic nitrogens is 1. The van der Waals surface area contributed by atoms with Crippen LogP contribution in [0.2, 0.25) is 0 Å². The first-order valence-corrected chi connectivity index (χ1v) is 6.60. The van der Waals surface area contributed by atoms with Crippen LogP contribution >= 0.6 is 0 Å². The molecule has 17 heavy (non-hydrogen) atoms. The Balaban J connectivity index is 1.79. The highest BCUT2D eigenvalue weighted by Gasteiger charge is 2.13. The van der Waals surface area contributed by atoms with E-state index < -0.39 is 0 Å². The third kappa shape index (κ3) is 2.37. The molecule has 1 aliphatic rings. The Kier molecular flexibility index (Phi) is 2.89. The first-order valence-electron chi connectivity index (χ1n) is 6.60. The molecule has 0 bridgehead atoms. The van der Waals surface area contributed by atoms with E-state index in [2.05, 4.69) is 41.5 Å². The van der Waals surface area contributed by atoms with Gasteiger partial charge in [-0.05, 0) is 74.3 Å². The monoisotopic (exact) mass is 228 g/mol. The van der Waals surface area contributed by atoms with E-state index in [-0.39, 0.29) is 0 Å². The van der Waals surface area contributed by atoms with Gasteiger partial charge < -0.3 is 10.3 Å². The van der Waals surface area contributed by atoms with Crippen LogP contribution in [0.1, 0.15) is 24.1 Å². The zero-order valence-corrected chi connectivity index (χ0v) is 10.4. The quantitative estimate of drug-likeness (QED) is 0.812. The summed E-state index contributed by atoms with van der Waals surface area (Å²) in [6.07, 6.45) is 3.89. The molecule has 1 fully saturated rings. The van der Waals surface area contributed by atoms with Gasteiger partial charge in [0.15, 0.2) is 0 Å². The average molecular weight is 228 g/mol. The molecule has 1 aromatic heterocycles. The summed E-state index contributed by atoms with van der Waals surface area (Å²) in [5, 5.41) is 4.78. The average Bonchev–Trinajstić information content (AvgIpc) is 2.70. The van der Waals surface area contributed by atoms with Crippen LogP contribution in [0.15, 0.2) is 24.3 Å². The molecule has 3 rings (SSSR count). The second-order valence-electron chi connectivity index (χ2n) is 5.27. The number of aryl methyl sites for hydroxylation is 1. The van der Waals surface area contributed by atoms with Gasteiger partial charge in [-0.25, -0.2) is 0 Å². The minimum atomic E-state index is 0.869. The Morgan fingerprint density at radius 1 is 1.18 bits per heavy atom. The van der Waals surface area contributed by atoms with Gasteiger partial charge in [-0.2, -0.15) is 0 Å². The lowest BCUT2D eigenvalue weighted by molar-refractivity contribution is 0.373. The molecule has 0 saturated carbocycles. The zero-order valence-electron chi connectivity index (χ0n) is 10.4. The zero-order chi connectivity index (χ0) is 11.7. The van der Waals surface area contributed by atoms with Crippen molar-refractivity contribution in [2.75, 3.05) is 13.1 Å². The minimum Gasteiger partial charge on any atom is -0.359 e. The Labute approximate surface area is 102 Å². The molecule has 0 aliphatic carbocycles. The SMILES string of the molecule is Cc1cc2cc(CC3CCNCC3)ccc2[nH]1. The van der Waals surface area contributed by atoms with Crippen LogP contribution in [0.5, 0.6) is 0 Å². The highest BCUT2D eigenvalue weighted by Crippen LogP contribution is 2.22. The van der Waals surface area contributed by atoms with Crippen LogP contribution in [0.25, 0.3) is 10.9 Å². The maximum absolute atomic E-state index is 3.43. The molecule has 2 heteroatoms. The molecule has 0 unspecified atom stereocenters. The molecule has 1 aliphatic heterocycles. The fraction of sp³-hybridized carbons (Fsp3) is 0.467. The second kappa shape index (κ2) is 4.53. The summed E-state index contributed by atoms with van der Waals surface area (Å²) in [5.74, 6) is 0.869. The Morgan fingerprint density at radius 3 is 2.82 bits per heavy atom. The van der Waals surface area contributed by atoms with Gasteiger partial charge in [-0.15, -0.1) is 0 Å². The maximum Gasteiger partial charge on any atom is 0.0456 e. The second-order valence-corrected chi connectivity index (χ2v) is 5.27. The van der Waals surface area contributed by atoms with Gasteiger partial charge in [-0.1, -0.05) is 6.07 Å². The largest absolute Gasteiger partial charge is 0.359 e. The van der Waals surface area contributed by atoms with E-state index >= 15 is 0 Å². The van der Waals surface area contributed by atoms with Crippen molar-refractivity contribution in [2.45, 2.75) is 26.2 Å². The van der Waals surface area contributed by atoms with E-state index in [9.17, 15) is 0 Å². The van der Waals surface area contributed by atoms with Crippen molar-refractivity contribution in [1.29, 1.82) is 0 Å². The maximum atomic E-state index is 3.43. The number of hydrogen-bond donors (Lipinski definition) is 2. The van der Waals surface area contributed by atoms with E-state index in [0.29, 0.717) is 0 Å². The van der Waals surface area contributed by atoms with Gasteiger partial charge in [0.1, 0.15) is 0 Å². The van der Waals surface area contributed by atoms with Crippen molar-refractivity contribution >= 4 is 10.9 Å². The summed E-state index contributed by atoms with van der Waals surface area (Å²) >= 11 is 0. The summed E-state index contributed by atoms with van der Waals surface area (Å²) in [7, 11) is 0. The Bertz CT molecular complexity index is 507. The summed E-state index contributed by atoms with van der Waals surface area (Å²) in [5.41, 5.74) is 4.00. The standard InChI is InChI=1S/C15H20N2/c1-11-8-14-10-13(2-3-15(14)17-11)9-12-4-6-16-7-5-12/h2-3,8,10,12,16-17H,4-7,9H2,1H3. The number of aromatic amines is 1. The predicted molar refractivity (Wildman–Crippen MR) is 72.3 cm³/mol. The van der Waals surface area contributed by atoms with Crippen molar-refractivity contribution in [3.8, 4) is 0 Å². The first-order chi connectivity index (χ1) is 8.31. The Morgan fingerprint density at radius 2 is 2.00 bits per heavy atom. The highest BCUT2D eigenvalue weighted by molar-refractivity contribution is 5.81. The molecule has 0 amide bonds. The van der Waals surface area contributed by atoms with Crippen LogP contribution in [0.3, 0.4) is 0 Å². The number of rotatable bonds is 2. The number of nitrogens with one attached hydrogen (secondary N) is 2. The summed E-state index contributed by atoms with van der Waals surface area (Å²) in [4.78, 5) is 3.38. The van der Waals surface area contributed by atoms with E-state index in [4.69, 9.17) is 0 Å². The number of H-pyrrole nitrogens is 1. The molecule has 90 valence electrons. The van der Waals surface area contributed by atoms with Crippen molar-refractivity contribution in [1.82, 2.24) is 10.3 Å². The number of hydrogen-bond acceptors (Lipinski definition) is 1. The first kappa shape index (κ1) is 10.8. The van der Waals surface area contributed by atoms with Gasteiger partial charge in [0.25, 0.3) is 0 Å². The van der Waals surface area contributed by atoms with Gasteiger partial charge in [-0.3, -0.25) is 0 Å². The third-order valence-corrected chi connectivity index (χ3v) is 3.80. The lowest BCUT2D eigenvalue weighted by Crippen LogP contribution is -2.28.